The predicted octanol–water partition coefficient (Wildman–Crippen LogP) is 6.56. The van der Waals surface area contributed by atoms with Crippen molar-refractivity contribution in [1.29, 1.82) is 0 Å². The van der Waals surface area contributed by atoms with E-state index in [0.717, 1.165) is 0 Å². The van der Waals surface area contributed by atoms with Crippen LogP contribution in [0.25, 0.3) is 0 Å². The highest BCUT2D eigenvalue weighted by Crippen LogP contribution is 2.36. The van der Waals surface area contributed by atoms with E-state index in [1.165, 1.54) is 31.1 Å². The summed E-state index contributed by atoms with van der Waals surface area (Å²) in [6.45, 7) is 13.4. The van der Waals surface area contributed by atoms with Gasteiger partial charge in [0.1, 0.15) is 0 Å². The lowest BCUT2D eigenvalue weighted by molar-refractivity contribution is 0.128. The van der Waals surface area contributed by atoms with Crippen LogP contribution in [0.3, 0.4) is 0 Å². The first-order valence-corrected chi connectivity index (χ1v) is 25.1. The van der Waals surface area contributed by atoms with Crippen LogP contribution in [0.1, 0.15) is 41.5 Å². The Labute approximate surface area is 296 Å². The van der Waals surface area contributed by atoms with Crippen LogP contribution in [-0.4, -0.2) is 34.0 Å². The zero-order chi connectivity index (χ0) is 34.6. The molecule has 6 aromatic carbocycles. The maximum Gasteiger partial charge on any atom is 0.252 e. The second kappa shape index (κ2) is 14.0. The summed E-state index contributed by atoms with van der Waals surface area (Å²) in [6, 6.07) is 67.5. The van der Waals surface area contributed by atoms with Crippen LogP contribution >= 0.6 is 0 Å². The Balaban J connectivity index is 2.04. The van der Waals surface area contributed by atoms with Gasteiger partial charge in [-0.2, -0.15) is 0 Å². The molecule has 49 heavy (non-hydrogen) atoms. The molecule has 0 aromatic heterocycles. The summed E-state index contributed by atoms with van der Waals surface area (Å²) in [5, 5.41) is 7.70. The molecule has 0 aliphatic rings. The number of benzene rings is 6. The summed E-state index contributed by atoms with van der Waals surface area (Å²) in [5.74, 6) is 0. The van der Waals surface area contributed by atoms with Crippen LogP contribution in [0.2, 0.25) is 0 Å². The number of hydrogen-bond acceptors (Lipinski definition) is 2. The summed E-state index contributed by atoms with van der Waals surface area (Å²) in [7, 11) is -10.4. The zero-order valence-corrected chi connectivity index (χ0v) is 32.6. The monoisotopic (exact) mass is 692 g/mol. The Hall–Kier alpha value is -4.11. The standard InChI is InChI=1S/C44H48O2Si3/c1-43(2,3)45-47(37-25-13-7-14-26-37,38-27-15-8-16-28-38)49(41-33-21-11-22-34-41,42-35-23-12-24-36-42)48(46-44(4,5)6,39-29-17-9-18-30-39)40-31-19-10-20-32-40/h7-36H,1-6H3. The van der Waals surface area contributed by atoms with E-state index in [-0.39, 0.29) is 0 Å². The summed E-state index contributed by atoms with van der Waals surface area (Å²) >= 11 is 0. The van der Waals surface area contributed by atoms with E-state index in [1.807, 2.05) is 0 Å². The van der Waals surface area contributed by atoms with Crippen molar-refractivity contribution in [2.45, 2.75) is 52.7 Å². The Bertz CT molecular complexity index is 1680. The molecule has 6 rings (SSSR count). The second-order valence-electron chi connectivity index (χ2n) is 14.7. The fourth-order valence-corrected chi connectivity index (χ4v) is 48.2. The minimum absolute atomic E-state index is 0.491. The molecule has 5 heteroatoms. The maximum absolute atomic E-state index is 8.19. The van der Waals surface area contributed by atoms with Crippen LogP contribution < -0.4 is 31.1 Å². The van der Waals surface area contributed by atoms with Gasteiger partial charge in [-0.25, -0.2) is 0 Å². The lowest BCUT2D eigenvalue weighted by Crippen LogP contribution is -3.01. The molecule has 0 unspecified atom stereocenters. The van der Waals surface area contributed by atoms with Gasteiger partial charge in [-0.15, -0.1) is 0 Å². The molecule has 248 valence electrons. The molecule has 0 atom stereocenters. The lowest BCUT2D eigenvalue weighted by Gasteiger charge is -2.59. The average molecular weight is 693 g/mol. The number of hydrogen-bond donors (Lipinski definition) is 0. The van der Waals surface area contributed by atoms with E-state index in [0.29, 0.717) is 0 Å². The fourth-order valence-electron chi connectivity index (χ4n) is 7.80. The smallest absolute Gasteiger partial charge is 0.252 e. The highest BCUT2D eigenvalue weighted by atomic mass is 29.7. The van der Waals surface area contributed by atoms with Gasteiger partial charge in [-0.05, 0) is 62.3 Å². The van der Waals surface area contributed by atoms with Crippen LogP contribution in [0.15, 0.2) is 182 Å². The minimum Gasteiger partial charge on any atom is -0.405 e. The molecule has 0 spiro atoms. The van der Waals surface area contributed by atoms with Gasteiger partial charge in [0.2, 0.25) is 0 Å². The molecule has 6 aromatic rings. The van der Waals surface area contributed by atoms with Crippen LogP contribution in [0.4, 0.5) is 0 Å². The third kappa shape index (κ3) is 6.38. The summed E-state index contributed by atoms with van der Waals surface area (Å²) in [4.78, 5) is 0. The third-order valence-electron chi connectivity index (χ3n) is 9.11. The van der Waals surface area contributed by atoms with Gasteiger partial charge in [0.15, 0.2) is 7.11 Å². The van der Waals surface area contributed by atoms with E-state index in [9.17, 15) is 0 Å². The normalized spacial score (nSPS) is 12.9. The molecule has 0 N–H and O–H groups in total. The fraction of sp³-hybridized carbons (Fsp3) is 0.182. The van der Waals surface area contributed by atoms with Gasteiger partial charge < -0.3 is 8.85 Å². The average Bonchev–Trinajstić information content (AvgIpc) is 3.12. The van der Waals surface area contributed by atoms with Crippen molar-refractivity contribution < 1.29 is 8.85 Å². The van der Waals surface area contributed by atoms with Gasteiger partial charge in [0, 0.05) is 11.2 Å². The molecule has 0 amide bonds. The van der Waals surface area contributed by atoms with E-state index >= 15 is 0 Å². The Morgan fingerprint density at radius 1 is 0.286 bits per heavy atom. The first kappa shape index (κ1) is 34.7. The Morgan fingerprint density at radius 3 is 0.653 bits per heavy atom. The Morgan fingerprint density at radius 2 is 0.469 bits per heavy atom. The van der Waals surface area contributed by atoms with Gasteiger partial charge in [-0.3, -0.25) is 0 Å². The Kier molecular flexibility index (Phi) is 9.94. The summed E-state index contributed by atoms with van der Waals surface area (Å²) < 4.78 is 16.4. The van der Waals surface area contributed by atoms with Crippen molar-refractivity contribution in [3.05, 3.63) is 182 Å². The highest BCUT2D eigenvalue weighted by Gasteiger charge is 2.76. The van der Waals surface area contributed by atoms with Gasteiger partial charge >= 0.3 is 0 Å². The molecule has 0 fully saturated rings. The molecular formula is C44H48O2Si3. The lowest BCUT2D eigenvalue weighted by atomic mass is 10.2. The van der Waals surface area contributed by atoms with Crippen LogP contribution in [0.5, 0.6) is 0 Å². The second-order valence-corrected chi connectivity index (χ2v) is 33.1. The quantitative estimate of drug-likeness (QED) is 0.152. The topological polar surface area (TPSA) is 18.5 Å². The molecule has 0 aliphatic carbocycles. The van der Waals surface area contributed by atoms with Crippen molar-refractivity contribution in [2.24, 2.45) is 0 Å². The number of rotatable bonds is 10. The van der Waals surface area contributed by atoms with Crippen LogP contribution in [-0.2, 0) is 8.85 Å². The van der Waals surface area contributed by atoms with Crippen molar-refractivity contribution in [2.75, 3.05) is 0 Å². The largest absolute Gasteiger partial charge is 0.405 e. The first-order chi connectivity index (χ1) is 23.5. The van der Waals surface area contributed by atoms with Crippen molar-refractivity contribution in [3.63, 3.8) is 0 Å². The molecule has 2 nitrogen and oxygen atoms in total. The van der Waals surface area contributed by atoms with Gasteiger partial charge in [-0.1, -0.05) is 192 Å². The summed E-state index contributed by atoms with van der Waals surface area (Å²) in [6.07, 6.45) is 0. The molecule has 0 radical (unpaired) electrons. The maximum atomic E-state index is 8.19. The SMILES string of the molecule is CC(C)(C)O[Si](c1ccccc1)(c1ccccc1)[Si](c1ccccc1)(c1ccccc1)[Si](OC(C)(C)C)(c1ccccc1)c1ccccc1. The van der Waals surface area contributed by atoms with Gasteiger partial charge in [0.25, 0.3) is 15.7 Å². The van der Waals surface area contributed by atoms with Crippen LogP contribution in [0, 0.1) is 0 Å². The first-order valence-electron chi connectivity index (χ1n) is 17.3. The minimum atomic E-state index is -3.47. The molecule has 0 saturated carbocycles. The van der Waals surface area contributed by atoms with E-state index < -0.39 is 34.0 Å². The van der Waals surface area contributed by atoms with Gasteiger partial charge in [0.05, 0.1) is 0 Å². The highest BCUT2D eigenvalue weighted by molar-refractivity contribution is 7.83. The van der Waals surface area contributed by atoms with E-state index in [2.05, 4.69) is 224 Å². The van der Waals surface area contributed by atoms with E-state index in [4.69, 9.17) is 8.85 Å². The van der Waals surface area contributed by atoms with Crippen molar-refractivity contribution >= 4 is 53.9 Å². The third-order valence-corrected chi connectivity index (χ3v) is 40.3. The molecule has 0 aliphatic heterocycles. The molecule has 0 bridgehead atoms. The zero-order valence-electron chi connectivity index (χ0n) is 29.6. The molecule has 0 saturated heterocycles. The summed E-state index contributed by atoms with van der Waals surface area (Å²) in [5.41, 5.74) is -0.982. The van der Waals surface area contributed by atoms with Crippen molar-refractivity contribution in [1.82, 2.24) is 0 Å². The van der Waals surface area contributed by atoms with E-state index in [1.54, 1.807) is 0 Å². The molecule has 0 heterocycles. The van der Waals surface area contributed by atoms with Crippen molar-refractivity contribution in [3.8, 4) is 0 Å². The molecular weight excluding hydrogens is 645 g/mol. The predicted molar refractivity (Wildman–Crippen MR) is 215 cm³/mol.